The number of aromatic nitrogens is 5. The maximum atomic E-state index is 12.6. The van der Waals surface area contributed by atoms with Crippen molar-refractivity contribution in [3.8, 4) is 0 Å². The number of piperazine rings is 1. The summed E-state index contributed by atoms with van der Waals surface area (Å²) < 4.78 is 1.73. The van der Waals surface area contributed by atoms with Gasteiger partial charge in [-0.2, -0.15) is 10.1 Å². The number of aryl methyl sites for hydroxylation is 1. The minimum atomic E-state index is -0.126. The van der Waals surface area contributed by atoms with Crippen LogP contribution in [0.5, 0.6) is 0 Å². The van der Waals surface area contributed by atoms with Gasteiger partial charge >= 0.3 is 6.03 Å². The second kappa shape index (κ2) is 6.65. The molecule has 0 spiro atoms. The van der Waals surface area contributed by atoms with Crippen molar-refractivity contribution in [2.45, 2.75) is 19.9 Å². The summed E-state index contributed by atoms with van der Waals surface area (Å²) in [5.74, 6) is 0.968. The fourth-order valence-electron chi connectivity index (χ4n) is 3.24. The number of thiazole rings is 1. The molecule has 142 valence electrons. The van der Waals surface area contributed by atoms with Gasteiger partial charge in [0.05, 0.1) is 23.1 Å². The van der Waals surface area contributed by atoms with E-state index in [9.17, 15) is 4.79 Å². The minimum absolute atomic E-state index is 0.0682. The second-order valence-electron chi connectivity index (χ2n) is 6.60. The van der Waals surface area contributed by atoms with Crippen molar-refractivity contribution < 1.29 is 4.79 Å². The summed E-state index contributed by atoms with van der Waals surface area (Å²) in [7, 11) is 1.85. The van der Waals surface area contributed by atoms with Crippen LogP contribution in [0.2, 0.25) is 0 Å². The third-order valence-corrected chi connectivity index (χ3v) is 5.58. The van der Waals surface area contributed by atoms with Crippen LogP contribution in [0, 0.1) is 6.92 Å². The first-order chi connectivity index (χ1) is 12.9. The van der Waals surface area contributed by atoms with Gasteiger partial charge in [-0.25, -0.2) is 14.8 Å². The molecular formula is C16H21N9OS. The lowest BCUT2D eigenvalue weighted by atomic mass is 10.2. The predicted octanol–water partition coefficient (Wildman–Crippen LogP) is 1.45. The van der Waals surface area contributed by atoms with Gasteiger partial charge in [-0.3, -0.25) is 4.68 Å². The Labute approximate surface area is 160 Å². The van der Waals surface area contributed by atoms with Crippen molar-refractivity contribution in [1.29, 1.82) is 0 Å². The molecule has 1 fully saturated rings. The van der Waals surface area contributed by atoms with Gasteiger partial charge < -0.3 is 20.9 Å². The molecule has 2 amide bonds. The van der Waals surface area contributed by atoms with E-state index in [1.165, 1.54) is 11.3 Å². The van der Waals surface area contributed by atoms with Crippen molar-refractivity contribution in [1.82, 2.24) is 29.6 Å². The summed E-state index contributed by atoms with van der Waals surface area (Å²) in [6.07, 6.45) is 1.66. The number of rotatable bonds is 2. The first-order valence-corrected chi connectivity index (χ1v) is 9.50. The van der Waals surface area contributed by atoms with Crippen molar-refractivity contribution in [3.63, 3.8) is 0 Å². The minimum Gasteiger partial charge on any atom is -0.368 e. The first-order valence-electron chi connectivity index (χ1n) is 8.62. The molecule has 0 aliphatic carbocycles. The van der Waals surface area contributed by atoms with E-state index in [1.807, 2.05) is 14.0 Å². The largest absolute Gasteiger partial charge is 0.368 e. The normalized spacial score (nSPS) is 17.5. The fraction of sp³-hybridized carbons (Fsp3) is 0.438. The van der Waals surface area contributed by atoms with E-state index in [4.69, 9.17) is 5.73 Å². The van der Waals surface area contributed by atoms with Crippen molar-refractivity contribution in [2.75, 3.05) is 35.6 Å². The number of nitrogens with one attached hydrogen (secondary N) is 1. The number of anilines is 3. The monoisotopic (exact) mass is 387 g/mol. The van der Waals surface area contributed by atoms with E-state index < -0.39 is 0 Å². The number of hydrogen-bond donors (Lipinski definition) is 2. The molecule has 10 nitrogen and oxygen atoms in total. The molecule has 3 aromatic heterocycles. The molecule has 4 heterocycles. The van der Waals surface area contributed by atoms with Gasteiger partial charge in [0.1, 0.15) is 5.52 Å². The van der Waals surface area contributed by atoms with Gasteiger partial charge in [0.25, 0.3) is 0 Å². The zero-order chi connectivity index (χ0) is 19.1. The van der Waals surface area contributed by atoms with Crippen LogP contribution in [0.4, 0.5) is 22.2 Å². The molecule has 3 N–H and O–H groups in total. The smallest absolute Gasteiger partial charge is 0.322 e. The molecule has 0 saturated carbocycles. The third-order valence-electron chi connectivity index (χ3n) is 4.86. The van der Waals surface area contributed by atoms with E-state index in [-0.39, 0.29) is 18.0 Å². The zero-order valence-electron chi connectivity index (χ0n) is 15.4. The Morgan fingerprint density at radius 3 is 2.89 bits per heavy atom. The summed E-state index contributed by atoms with van der Waals surface area (Å²) in [5, 5.41) is 7.10. The second-order valence-corrected chi connectivity index (χ2v) is 7.43. The van der Waals surface area contributed by atoms with Crippen LogP contribution < -0.4 is 16.0 Å². The van der Waals surface area contributed by atoms with Crippen LogP contribution in [0.15, 0.2) is 11.7 Å². The van der Waals surface area contributed by atoms with Gasteiger partial charge in [-0.1, -0.05) is 0 Å². The maximum absolute atomic E-state index is 12.6. The molecule has 0 aromatic carbocycles. The van der Waals surface area contributed by atoms with Gasteiger partial charge in [0, 0.05) is 32.7 Å². The Hall–Kier alpha value is -2.95. The summed E-state index contributed by atoms with van der Waals surface area (Å²) in [6.45, 7) is 5.77. The molecule has 3 aromatic rings. The van der Waals surface area contributed by atoms with Gasteiger partial charge in [0.15, 0.2) is 10.6 Å². The number of nitrogens with two attached hydrogens (primary N) is 1. The number of nitrogens with zero attached hydrogens (tertiary/aromatic N) is 7. The lowest BCUT2D eigenvalue weighted by Crippen LogP contribution is -2.55. The Kier molecular flexibility index (Phi) is 4.30. The van der Waals surface area contributed by atoms with E-state index in [0.29, 0.717) is 19.6 Å². The molecule has 1 saturated heterocycles. The number of carbonyl (C=O) groups excluding carboxylic acids is 1. The maximum Gasteiger partial charge on any atom is 0.322 e. The summed E-state index contributed by atoms with van der Waals surface area (Å²) in [4.78, 5) is 30.4. The molecule has 0 bridgehead atoms. The molecule has 4 rings (SSSR count). The van der Waals surface area contributed by atoms with Gasteiger partial charge in [0.2, 0.25) is 5.95 Å². The number of urea groups is 1. The number of nitrogen functional groups attached to an aromatic ring is 1. The Bertz CT molecular complexity index is 997. The van der Waals surface area contributed by atoms with E-state index in [1.54, 1.807) is 21.3 Å². The summed E-state index contributed by atoms with van der Waals surface area (Å²) >= 11 is 1.44. The van der Waals surface area contributed by atoms with E-state index >= 15 is 0 Å². The lowest BCUT2D eigenvalue weighted by Gasteiger charge is -2.40. The van der Waals surface area contributed by atoms with Crippen LogP contribution in [0.3, 0.4) is 0 Å². The highest BCUT2D eigenvalue weighted by molar-refractivity contribution is 7.16. The van der Waals surface area contributed by atoms with E-state index in [0.717, 1.165) is 27.5 Å². The Balaban J connectivity index is 1.50. The fourth-order valence-corrected chi connectivity index (χ4v) is 3.90. The van der Waals surface area contributed by atoms with Crippen LogP contribution in [0.1, 0.15) is 12.6 Å². The number of amides is 2. The summed E-state index contributed by atoms with van der Waals surface area (Å²) in [6, 6.07) is -0.0581. The number of fused-ring (bicyclic) bond motifs is 1. The predicted molar refractivity (Wildman–Crippen MR) is 105 cm³/mol. The molecule has 11 heteroatoms. The van der Waals surface area contributed by atoms with Crippen molar-refractivity contribution in [3.05, 3.63) is 17.4 Å². The summed E-state index contributed by atoms with van der Waals surface area (Å²) in [5.41, 5.74) is 10.0. The van der Waals surface area contributed by atoms with E-state index in [2.05, 4.69) is 37.2 Å². The van der Waals surface area contributed by atoms with Crippen LogP contribution in [-0.2, 0) is 7.05 Å². The van der Waals surface area contributed by atoms with Crippen molar-refractivity contribution in [2.24, 2.45) is 7.05 Å². The zero-order valence-corrected chi connectivity index (χ0v) is 16.2. The third kappa shape index (κ3) is 3.14. The van der Waals surface area contributed by atoms with Crippen molar-refractivity contribution >= 4 is 45.2 Å². The topological polar surface area (TPSA) is 118 Å². The van der Waals surface area contributed by atoms with Crippen LogP contribution in [0.25, 0.3) is 10.3 Å². The highest BCUT2D eigenvalue weighted by Gasteiger charge is 2.30. The standard InChI is InChI=1S/C16H21N9OS/c1-9-7-24(16(26)20-11-6-19-23(3)10(11)2)4-5-25(9)13-12-14(27-8-18-12)22-15(17)21-13/h6,8-9H,4-5,7H2,1-3H3,(H,20,26)(H2,17,21,22). The molecule has 1 aliphatic heterocycles. The quantitative estimate of drug-likeness (QED) is 0.683. The average molecular weight is 387 g/mol. The molecule has 1 atom stereocenters. The number of carbonyl (C=O) groups is 1. The highest BCUT2D eigenvalue weighted by Crippen LogP contribution is 2.28. The molecule has 0 radical (unpaired) electrons. The Morgan fingerprint density at radius 1 is 1.37 bits per heavy atom. The van der Waals surface area contributed by atoms with Crippen LogP contribution in [-0.4, -0.2) is 61.3 Å². The number of hydrogen-bond acceptors (Lipinski definition) is 8. The first kappa shape index (κ1) is 17.5. The van der Waals surface area contributed by atoms with Gasteiger partial charge in [-0.05, 0) is 13.8 Å². The Morgan fingerprint density at radius 2 is 2.19 bits per heavy atom. The molecule has 27 heavy (non-hydrogen) atoms. The lowest BCUT2D eigenvalue weighted by molar-refractivity contribution is 0.200. The average Bonchev–Trinajstić information content (AvgIpc) is 3.22. The molecular weight excluding hydrogens is 366 g/mol. The molecule has 1 aliphatic rings. The SMILES string of the molecule is Cc1c(NC(=O)N2CCN(c3nc(N)nc4scnc34)C(C)C2)cnn1C. The highest BCUT2D eigenvalue weighted by atomic mass is 32.1. The molecule has 1 unspecified atom stereocenters. The van der Waals surface area contributed by atoms with Gasteiger partial charge in [-0.15, -0.1) is 11.3 Å². The van der Waals surface area contributed by atoms with Crippen LogP contribution >= 0.6 is 11.3 Å².